The highest BCUT2D eigenvalue weighted by Gasteiger charge is 2.24. The third-order valence-electron chi connectivity index (χ3n) is 3.64. The van der Waals surface area contributed by atoms with E-state index in [4.69, 9.17) is 15.2 Å². The van der Waals surface area contributed by atoms with Crippen LogP contribution in [0.3, 0.4) is 0 Å². The first kappa shape index (κ1) is 17.9. The summed E-state index contributed by atoms with van der Waals surface area (Å²) in [5.41, 5.74) is 6.80. The van der Waals surface area contributed by atoms with E-state index >= 15 is 0 Å². The van der Waals surface area contributed by atoms with Crippen LogP contribution in [0.15, 0.2) is 24.4 Å². The molecule has 1 aromatic carbocycles. The van der Waals surface area contributed by atoms with Crippen LogP contribution in [0.5, 0.6) is 5.75 Å². The number of rotatable bonds is 4. The zero-order chi connectivity index (χ0) is 18.7. The highest BCUT2D eigenvalue weighted by molar-refractivity contribution is 5.97. The van der Waals surface area contributed by atoms with Gasteiger partial charge in [0.1, 0.15) is 11.8 Å². The second-order valence-corrected chi connectivity index (χ2v) is 5.36. The minimum atomic E-state index is -0.703. The third-order valence-corrected chi connectivity index (χ3v) is 3.64. The Labute approximate surface area is 145 Å². The van der Waals surface area contributed by atoms with Crippen molar-refractivity contribution in [2.45, 2.75) is 0 Å². The second kappa shape index (κ2) is 6.97. The molecule has 0 radical (unpaired) electrons. The van der Waals surface area contributed by atoms with Crippen molar-refractivity contribution in [3.05, 3.63) is 41.2 Å². The average molecular weight is 342 g/mol. The Bertz CT molecular complexity index is 878. The van der Waals surface area contributed by atoms with Gasteiger partial charge >= 0.3 is 5.97 Å². The number of carbonyl (C=O) groups is 2. The summed E-state index contributed by atoms with van der Waals surface area (Å²) in [7, 11) is 5.94. The SMILES string of the molecule is COC(=O)c1c(N)c(C#N)cn1-c1cc(C(=O)N(C)C)ccc1OC. The number of ether oxygens (including phenoxy) is 2. The van der Waals surface area contributed by atoms with Crippen LogP contribution in [0, 0.1) is 11.3 Å². The normalized spacial score (nSPS) is 10.0. The number of hydrogen-bond donors (Lipinski definition) is 1. The molecule has 0 bridgehead atoms. The summed E-state index contributed by atoms with van der Waals surface area (Å²) in [6.45, 7) is 0. The van der Waals surface area contributed by atoms with Crippen LogP contribution in [-0.4, -0.2) is 49.7 Å². The van der Waals surface area contributed by atoms with Crippen molar-refractivity contribution >= 4 is 17.6 Å². The number of anilines is 1. The highest BCUT2D eigenvalue weighted by atomic mass is 16.5. The Morgan fingerprint density at radius 3 is 2.48 bits per heavy atom. The molecule has 2 N–H and O–H groups in total. The van der Waals surface area contributed by atoms with Gasteiger partial charge in [-0.15, -0.1) is 0 Å². The van der Waals surface area contributed by atoms with E-state index in [1.807, 2.05) is 6.07 Å². The molecule has 8 nitrogen and oxygen atoms in total. The molecule has 0 fully saturated rings. The summed E-state index contributed by atoms with van der Waals surface area (Å²) in [5.74, 6) is -0.519. The summed E-state index contributed by atoms with van der Waals surface area (Å²) in [6, 6.07) is 6.71. The lowest BCUT2D eigenvalue weighted by molar-refractivity contribution is 0.0592. The molecule has 0 aliphatic carbocycles. The van der Waals surface area contributed by atoms with E-state index in [1.54, 1.807) is 32.3 Å². The molecule has 1 aromatic heterocycles. The van der Waals surface area contributed by atoms with Gasteiger partial charge in [0, 0.05) is 25.9 Å². The zero-order valence-electron chi connectivity index (χ0n) is 14.4. The summed E-state index contributed by atoms with van der Waals surface area (Å²) >= 11 is 0. The molecule has 1 heterocycles. The Hall–Kier alpha value is -3.47. The third kappa shape index (κ3) is 3.12. The van der Waals surface area contributed by atoms with Crippen LogP contribution in [0.2, 0.25) is 0 Å². The molecule has 8 heteroatoms. The second-order valence-electron chi connectivity index (χ2n) is 5.36. The Balaban J connectivity index is 2.77. The number of nitrogens with two attached hydrogens (primary N) is 1. The van der Waals surface area contributed by atoms with E-state index in [0.29, 0.717) is 17.0 Å². The lowest BCUT2D eigenvalue weighted by Crippen LogP contribution is -2.22. The summed E-state index contributed by atoms with van der Waals surface area (Å²) in [5, 5.41) is 9.21. The molecule has 130 valence electrons. The molecule has 0 unspecified atom stereocenters. The molecule has 0 atom stereocenters. The topological polar surface area (TPSA) is 111 Å². The maximum atomic E-state index is 12.2. The molecule has 1 amide bonds. The minimum Gasteiger partial charge on any atom is -0.495 e. The molecule has 0 saturated carbocycles. The van der Waals surface area contributed by atoms with Gasteiger partial charge in [0.05, 0.1) is 31.2 Å². The van der Waals surface area contributed by atoms with Crippen LogP contribution < -0.4 is 10.5 Å². The summed E-state index contributed by atoms with van der Waals surface area (Å²) in [4.78, 5) is 25.8. The van der Waals surface area contributed by atoms with E-state index in [2.05, 4.69) is 0 Å². The molecule has 0 spiro atoms. The van der Waals surface area contributed by atoms with Gasteiger partial charge in [-0.1, -0.05) is 0 Å². The number of esters is 1. The number of methoxy groups -OCH3 is 2. The number of nitrogen functional groups attached to an aromatic ring is 1. The van der Waals surface area contributed by atoms with Crippen molar-refractivity contribution < 1.29 is 19.1 Å². The summed E-state index contributed by atoms with van der Waals surface area (Å²) < 4.78 is 11.5. The van der Waals surface area contributed by atoms with Gasteiger partial charge in [0.2, 0.25) is 0 Å². The van der Waals surface area contributed by atoms with Gasteiger partial charge in [-0.3, -0.25) is 4.79 Å². The molecule has 0 aliphatic heterocycles. The van der Waals surface area contributed by atoms with Gasteiger partial charge in [0.15, 0.2) is 5.69 Å². The number of aromatic nitrogens is 1. The van der Waals surface area contributed by atoms with Gasteiger partial charge in [-0.25, -0.2) is 4.79 Å². The molecule has 25 heavy (non-hydrogen) atoms. The predicted octanol–water partition coefficient (Wildman–Crippen LogP) is 1.43. The standard InChI is InChI=1S/C17H18N4O4/c1-20(2)16(22)10-5-6-13(24-3)12(7-10)21-9-11(8-18)14(19)15(21)17(23)25-4/h5-7,9H,19H2,1-4H3. The zero-order valence-corrected chi connectivity index (χ0v) is 14.4. The van der Waals surface area contributed by atoms with Crippen molar-refractivity contribution in [2.24, 2.45) is 0 Å². The van der Waals surface area contributed by atoms with E-state index in [1.165, 1.54) is 29.9 Å². The van der Waals surface area contributed by atoms with Crippen LogP contribution in [0.4, 0.5) is 5.69 Å². The molecular weight excluding hydrogens is 324 g/mol. The maximum absolute atomic E-state index is 12.2. The fraction of sp³-hybridized carbons (Fsp3) is 0.235. The lowest BCUT2D eigenvalue weighted by Gasteiger charge is -2.16. The fourth-order valence-electron chi connectivity index (χ4n) is 2.37. The van der Waals surface area contributed by atoms with Crippen LogP contribution in [-0.2, 0) is 4.74 Å². The van der Waals surface area contributed by atoms with Gasteiger partial charge in [0.25, 0.3) is 5.91 Å². The largest absolute Gasteiger partial charge is 0.495 e. The first-order valence-electron chi connectivity index (χ1n) is 7.25. The average Bonchev–Trinajstić information content (AvgIpc) is 2.95. The van der Waals surface area contributed by atoms with Gasteiger partial charge < -0.3 is 24.7 Å². The first-order valence-corrected chi connectivity index (χ1v) is 7.25. The monoisotopic (exact) mass is 342 g/mol. The molecule has 0 saturated heterocycles. The quantitative estimate of drug-likeness (QED) is 0.842. The van der Waals surface area contributed by atoms with Crippen molar-refractivity contribution in [1.82, 2.24) is 9.47 Å². The van der Waals surface area contributed by atoms with Crippen LogP contribution in [0.1, 0.15) is 26.4 Å². The number of amides is 1. The Morgan fingerprint density at radius 2 is 1.96 bits per heavy atom. The predicted molar refractivity (Wildman–Crippen MR) is 90.8 cm³/mol. The maximum Gasteiger partial charge on any atom is 0.357 e. The fourth-order valence-corrected chi connectivity index (χ4v) is 2.37. The smallest absolute Gasteiger partial charge is 0.357 e. The van der Waals surface area contributed by atoms with Crippen molar-refractivity contribution in [3.8, 4) is 17.5 Å². The Morgan fingerprint density at radius 1 is 1.28 bits per heavy atom. The van der Waals surface area contributed by atoms with Crippen molar-refractivity contribution in [3.63, 3.8) is 0 Å². The first-order chi connectivity index (χ1) is 11.8. The van der Waals surface area contributed by atoms with Crippen molar-refractivity contribution in [1.29, 1.82) is 5.26 Å². The number of carbonyl (C=O) groups excluding carboxylic acids is 2. The molecule has 2 rings (SSSR count). The van der Waals surface area contributed by atoms with Gasteiger partial charge in [-0.05, 0) is 18.2 Å². The minimum absolute atomic E-state index is 0.000687. The van der Waals surface area contributed by atoms with E-state index < -0.39 is 5.97 Å². The van der Waals surface area contributed by atoms with E-state index in [-0.39, 0.29) is 22.9 Å². The van der Waals surface area contributed by atoms with Gasteiger partial charge in [-0.2, -0.15) is 5.26 Å². The van der Waals surface area contributed by atoms with Crippen LogP contribution in [0.25, 0.3) is 5.69 Å². The molecular formula is C17H18N4O4. The number of nitrogens with zero attached hydrogens (tertiary/aromatic N) is 3. The number of benzene rings is 1. The lowest BCUT2D eigenvalue weighted by atomic mass is 10.1. The Kier molecular flexibility index (Phi) is 4.98. The molecule has 0 aliphatic rings. The summed E-state index contributed by atoms with van der Waals surface area (Å²) in [6.07, 6.45) is 1.41. The van der Waals surface area contributed by atoms with E-state index in [9.17, 15) is 14.9 Å². The number of nitriles is 1. The highest BCUT2D eigenvalue weighted by Crippen LogP contribution is 2.31. The molecule has 2 aromatic rings. The van der Waals surface area contributed by atoms with Crippen molar-refractivity contribution in [2.75, 3.05) is 34.0 Å². The van der Waals surface area contributed by atoms with Crippen LogP contribution >= 0.6 is 0 Å². The number of hydrogen-bond acceptors (Lipinski definition) is 6. The van der Waals surface area contributed by atoms with E-state index in [0.717, 1.165) is 0 Å².